The van der Waals surface area contributed by atoms with Crippen LogP contribution in [0.15, 0.2) is 24.3 Å². The van der Waals surface area contributed by atoms with Crippen molar-refractivity contribution in [1.82, 2.24) is 0 Å². The first kappa shape index (κ1) is 8.87. The summed E-state index contributed by atoms with van der Waals surface area (Å²) in [5, 5.41) is 0. The molecule has 0 aliphatic heterocycles. The monoisotopic (exact) mass is 166 g/mol. The lowest BCUT2D eigenvalue weighted by molar-refractivity contribution is -0.113. The summed E-state index contributed by atoms with van der Waals surface area (Å²) >= 11 is 0. The van der Waals surface area contributed by atoms with Gasteiger partial charge in [0.1, 0.15) is 11.9 Å². The number of aldehydes is 1. The number of ether oxygens (including phenoxy) is 1. The van der Waals surface area contributed by atoms with Gasteiger partial charge in [0, 0.05) is 13.5 Å². The molecule has 1 rings (SSSR count). The van der Waals surface area contributed by atoms with Gasteiger partial charge < -0.3 is 9.53 Å². The van der Waals surface area contributed by atoms with E-state index in [9.17, 15) is 9.59 Å². The fourth-order valence-electron chi connectivity index (χ4n) is 1.04. The molecule has 12 heavy (non-hydrogen) atoms. The van der Waals surface area contributed by atoms with Crippen molar-refractivity contribution in [3.63, 3.8) is 0 Å². The van der Waals surface area contributed by atoms with Gasteiger partial charge in [0.15, 0.2) is 5.78 Å². The van der Waals surface area contributed by atoms with Crippen molar-refractivity contribution in [2.24, 2.45) is 0 Å². The van der Waals surface area contributed by atoms with Crippen LogP contribution in [0.2, 0.25) is 0 Å². The van der Waals surface area contributed by atoms with Gasteiger partial charge in [0.2, 0.25) is 0 Å². The minimum Gasteiger partial charge on any atom is -0.370 e. The van der Waals surface area contributed by atoms with E-state index in [4.69, 9.17) is 4.74 Å². The summed E-state index contributed by atoms with van der Waals surface area (Å²) in [5.41, 5.74) is -0.699. The van der Waals surface area contributed by atoms with Crippen LogP contribution in [0.3, 0.4) is 0 Å². The molecule has 0 spiro atoms. The second-order valence-electron chi connectivity index (χ2n) is 2.60. The van der Waals surface area contributed by atoms with Crippen molar-refractivity contribution < 1.29 is 14.3 Å². The van der Waals surface area contributed by atoms with Crippen molar-refractivity contribution in [2.45, 2.75) is 12.0 Å². The lowest BCUT2D eigenvalue weighted by Gasteiger charge is -2.24. The molecule has 0 bridgehead atoms. The van der Waals surface area contributed by atoms with Crippen molar-refractivity contribution in [3.05, 3.63) is 24.3 Å². The molecular weight excluding hydrogens is 156 g/mol. The van der Waals surface area contributed by atoms with Gasteiger partial charge in [-0.25, -0.2) is 0 Å². The Bertz CT molecular complexity index is 234. The Morgan fingerprint density at radius 3 is 2.50 bits per heavy atom. The molecule has 64 valence electrons. The summed E-state index contributed by atoms with van der Waals surface area (Å²) < 4.78 is 5.11. The molecule has 0 amide bonds. The maximum absolute atomic E-state index is 10.8. The zero-order valence-corrected chi connectivity index (χ0v) is 6.82. The van der Waals surface area contributed by atoms with Crippen LogP contribution in [0.25, 0.3) is 0 Å². The number of hydrogen-bond acceptors (Lipinski definition) is 3. The topological polar surface area (TPSA) is 43.4 Å². The fourth-order valence-corrected chi connectivity index (χ4v) is 1.04. The summed E-state index contributed by atoms with van der Waals surface area (Å²) in [7, 11) is 1.51. The maximum atomic E-state index is 10.8. The van der Waals surface area contributed by atoms with Gasteiger partial charge in [-0.3, -0.25) is 4.79 Å². The second kappa shape index (κ2) is 3.45. The molecule has 0 radical (unpaired) electrons. The van der Waals surface area contributed by atoms with E-state index < -0.39 is 5.60 Å². The minimum absolute atomic E-state index is 0.0754. The minimum atomic E-state index is -0.699. The Morgan fingerprint density at radius 1 is 1.50 bits per heavy atom. The lowest BCUT2D eigenvalue weighted by Crippen LogP contribution is -2.29. The highest BCUT2D eigenvalue weighted by atomic mass is 16.5. The lowest BCUT2D eigenvalue weighted by atomic mass is 9.94. The number of ketones is 1. The Labute approximate surface area is 70.7 Å². The molecule has 0 atom stereocenters. The smallest absolute Gasteiger partial charge is 0.178 e. The van der Waals surface area contributed by atoms with Crippen LogP contribution in [0.1, 0.15) is 6.42 Å². The fraction of sp³-hybridized carbons (Fsp3) is 0.333. The van der Waals surface area contributed by atoms with E-state index in [0.717, 1.165) is 6.29 Å². The molecular formula is C9H10O3. The highest BCUT2D eigenvalue weighted by Gasteiger charge is 2.25. The Morgan fingerprint density at radius 2 is 2.08 bits per heavy atom. The third-order valence-corrected chi connectivity index (χ3v) is 1.84. The molecule has 0 saturated heterocycles. The third-order valence-electron chi connectivity index (χ3n) is 1.84. The molecule has 1 aliphatic rings. The molecule has 0 aromatic rings. The van der Waals surface area contributed by atoms with E-state index in [2.05, 4.69) is 0 Å². The number of hydrogen-bond donors (Lipinski definition) is 0. The SMILES string of the molecule is COC1(CC=O)C=CC(=O)C=C1. The van der Waals surface area contributed by atoms with E-state index in [1.165, 1.54) is 19.3 Å². The second-order valence-corrected chi connectivity index (χ2v) is 2.60. The van der Waals surface area contributed by atoms with Crippen LogP contribution >= 0.6 is 0 Å². The largest absolute Gasteiger partial charge is 0.370 e. The first-order valence-electron chi connectivity index (χ1n) is 3.64. The summed E-state index contributed by atoms with van der Waals surface area (Å²) in [5.74, 6) is -0.0754. The highest BCUT2D eigenvalue weighted by molar-refractivity contribution is 6.00. The van der Waals surface area contributed by atoms with Crippen molar-refractivity contribution in [1.29, 1.82) is 0 Å². The normalized spacial score (nSPS) is 19.6. The van der Waals surface area contributed by atoms with Crippen LogP contribution in [0, 0.1) is 0 Å². The van der Waals surface area contributed by atoms with Gasteiger partial charge in [-0.15, -0.1) is 0 Å². The quantitative estimate of drug-likeness (QED) is 0.578. The van der Waals surface area contributed by atoms with Crippen molar-refractivity contribution in [2.75, 3.05) is 7.11 Å². The molecule has 3 heteroatoms. The highest BCUT2D eigenvalue weighted by Crippen LogP contribution is 2.20. The first-order chi connectivity index (χ1) is 5.72. The molecule has 0 N–H and O–H groups in total. The van der Waals surface area contributed by atoms with Gasteiger partial charge >= 0.3 is 0 Å². The average Bonchev–Trinajstić information content (AvgIpc) is 2.10. The zero-order valence-electron chi connectivity index (χ0n) is 6.82. The van der Waals surface area contributed by atoms with E-state index in [-0.39, 0.29) is 12.2 Å². The van der Waals surface area contributed by atoms with E-state index in [1.54, 1.807) is 12.2 Å². The maximum Gasteiger partial charge on any atom is 0.178 e. The number of carbonyl (C=O) groups excluding carboxylic acids is 2. The predicted molar refractivity (Wildman–Crippen MR) is 43.7 cm³/mol. The third kappa shape index (κ3) is 1.68. The molecule has 0 saturated carbocycles. The molecule has 0 aromatic heterocycles. The summed E-state index contributed by atoms with van der Waals surface area (Å²) in [6.07, 6.45) is 7.03. The molecule has 1 aliphatic carbocycles. The molecule has 0 fully saturated rings. The molecule has 0 unspecified atom stereocenters. The average molecular weight is 166 g/mol. The van der Waals surface area contributed by atoms with E-state index in [1.807, 2.05) is 0 Å². The van der Waals surface area contributed by atoms with E-state index >= 15 is 0 Å². The van der Waals surface area contributed by atoms with Crippen LogP contribution < -0.4 is 0 Å². The zero-order chi connectivity index (χ0) is 9.03. The van der Waals surface area contributed by atoms with Gasteiger partial charge in [-0.1, -0.05) is 0 Å². The Kier molecular flexibility index (Phi) is 2.55. The number of carbonyl (C=O) groups is 2. The molecule has 0 aromatic carbocycles. The summed E-state index contributed by atoms with van der Waals surface area (Å²) in [4.78, 5) is 21.0. The standard InChI is InChI=1S/C9H10O3/c1-12-9(6-7-10)4-2-8(11)3-5-9/h2-5,7H,6H2,1H3. The Hall–Kier alpha value is -1.22. The number of rotatable bonds is 3. The Balaban J connectivity index is 2.82. The van der Waals surface area contributed by atoms with Crippen LogP contribution in [0.5, 0.6) is 0 Å². The van der Waals surface area contributed by atoms with E-state index in [0.29, 0.717) is 0 Å². The van der Waals surface area contributed by atoms with Crippen molar-refractivity contribution >= 4 is 12.1 Å². The van der Waals surface area contributed by atoms with Gasteiger partial charge in [0.05, 0.1) is 0 Å². The summed E-state index contributed by atoms with van der Waals surface area (Å²) in [6.45, 7) is 0. The van der Waals surface area contributed by atoms with Gasteiger partial charge in [-0.05, 0) is 24.3 Å². The van der Waals surface area contributed by atoms with Gasteiger partial charge in [-0.2, -0.15) is 0 Å². The van der Waals surface area contributed by atoms with Gasteiger partial charge in [0.25, 0.3) is 0 Å². The number of allylic oxidation sites excluding steroid dienone is 2. The van der Waals surface area contributed by atoms with Crippen LogP contribution in [0.4, 0.5) is 0 Å². The number of methoxy groups -OCH3 is 1. The van der Waals surface area contributed by atoms with Crippen LogP contribution in [-0.4, -0.2) is 24.8 Å². The van der Waals surface area contributed by atoms with Crippen LogP contribution in [-0.2, 0) is 14.3 Å². The summed E-state index contributed by atoms with van der Waals surface area (Å²) in [6, 6.07) is 0. The predicted octanol–water partition coefficient (Wildman–Crippen LogP) is 0.656. The molecule has 3 nitrogen and oxygen atoms in total. The first-order valence-corrected chi connectivity index (χ1v) is 3.64. The van der Waals surface area contributed by atoms with Crippen molar-refractivity contribution in [3.8, 4) is 0 Å². The molecule has 0 heterocycles.